The van der Waals surface area contributed by atoms with E-state index >= 15 is 0 Å². The third kappa shape index (κ3) is 1.52. The fourth-order valence-electron chi connectivity index (χ4n) is 0.900. The van der Waals surface area contributed by atoms with Crippen molar-refractivity contribution in [3.05, 3.63) is 35.0 Å². The smallest absolute Gasteiger partial charge is 0.304 e. The molecule has 7 nitrogen and oxygen atoms in total. The molecule has 0 amide bonds. The maximum absolute atomic E-state index is 8.12. The SMILES string of the molecule is [N-]=[N+]=Nc1nnc(-c2cccnc2)o1. The Hall–Kier alpha value is -2.40. The molecule has 0 fully saturated rings. The van der Waals surface area contributed by atoms with E-state index in [4.69, 9.17) is 9.95 Å². The molecule has 0 unspecified atom stereocenters. The maximum atomic E-state index is 8.12. The van der Waals surface area contributed by atoms with Crippen molar-refractivity contribution in [2.24, 2.45) is 5.11 Å². The minimum Gasteiger partial charge on any atom is -0.415 e. The second kappa shape index (κ2) is 3.55. The summed E-state index contributed by atoms with van der Waals surface area (Å²) in [5.41, 5.74) is 8.80. The predicted molar refractivity (Wildman–Crippen MR) is 46.3 cm³/mol. The topological polar surface area (TPSA) is 101 Å². The lowest BCUT2D eigenvalue weighted by atomic mass is 10.3. The van der Waals surface area contributed by atoms with Crippen LogP contribution in [0.15, 0.2) is 34.1 Å². The van der Waals surface area contributed by atoms with Crippen LogP contribution in [0.3, 0.4) is 0 Å². The van der Waals surface area contributed by atoms with Gasteiger partial charge >= 0.3 is 6.01 Å². The molecule has 2 aromatic heterocycles. The zero-order valence-corrected chi connectivity index (χ0v) is 6.90. The number of azide groups is 1. The van der Waals surface area contributed by atoms with E-state index in [0.717, 1.165) is 0 Å². The summed E-state index contributed by atoms with van der Waals surface area (Å²) in [7, 11) is 0. The number of rotatable bonds is 2. The third-order valence-corrected chi connectivity index (χ3v) is 1.45. The highest BCUT2D eigenvalue weighted by molar-refractivity contribution is 5.50. The van der Waals surface area contributed by atoms with E-state index in [1.165, 1.54) is 0 Å². The van der Waals surface area contributed by atoms with E-state index in [9.17, 15) is 0 Å². The first kappa shape index (κ1) is 8.21. The first-order valence-corrected chi connectivity index (χ1v) is 3.69. The van der Waals surface area contributed by atoms with E-state index in [2.05, 4.69) is 25.2 Å². The lowest BCUT2D eigenvalue weighted by Crippen LogP contribution is -1.77. The Morgan fingerprint density at radius 1 is 1.43 bits per heavy atom. The fraction of sp³-hybridized carbons (Fsp3) is 0. The van der Waals surface area contributed by atoms with Crippen molar-refractivity contribution in [1.82, 2.24) is 15.2 Å². The quantitative estimate of drug-likeness (QED) is 0.409. The first-order chi connectivity index (χ1) is 6.90. The zero-order valence-electron chi connectivity index (χ0n) is 6.90. The standard InChI is InChI=1S/C7H4N6O/c8-13-12-7-11-10-6(14-7)5-2-1-3-9-4-5/h1-4H. The van der Waals surface area contributed by atoms with Crippen LogP contribution in [0.1, 0.15) is 0 Å². The van der Waals surface area contributed by atoms with Crippen molar-refractivity contribution >= 4 is 6.01 Å². The van der Waals surface area contributed by atoms with Crippen LogP contribution in [0.5, 0.6) is 0 Å². The molecule has 0 spiro atoms. The average molecular weight is 188 g/mol. The van der Waals surface area contributed by atoms with Crippen LogP contribution >= 0.6 is 0 Å². The van der Waals surface area contributed by atoms with Crippen molar-refractivity contribution in [1.29, 1.82) is 0 Å². The molecular formula is C7H4N6O. The van der Waals surface area contributed by atoms with Gasteiger partial charge in [-0.15, -0.1) is 10.2 Å². The Morgan fingerprint density at radius 3 is 3.07 bits per heavy atom. The zero-order chi connectivity index (χ0) is 9.80. The highest BCUT2D eigenvalue weighted by atomic mass is 16.4. The van der Waals surface area contributed by atoms with Crippen molar-refractivity contribution in [2.45, 2.75) is 0 Å². The molecule has 0 aliphatic carbocycles. The molecule has 0 N–H and O–H groups in total. The summed E-state index contributed by atoms with van der Waals surface area (Å²) in [4.78, 5) is 6.41. The summed E-state index contributed by atoms with van der Waals surface area (Å²) in [6.45, 7) is 0. The van der Waals surface area contributed by atoms with Crippen LogP contribution in [-0.4, -0.2) is 15.2 Å². The Bertz CT molecular complexity index is 472. The average Bonchev–Trinajstić information content (AvgIpc) is 2.68. The van der Waals surface area contributed by atoms with Crippen molar-refractivity contribution in [3.63, 3.8) is 0 Å². The van der Waals surface area contributed by atoms with E-state index in [1.807, 2.05) is 0 Å². The van der Waals surface area contributed by atoms with Gasteiger partial charge in [-0.05, 0) is 17.7 Å². The van der Waals surface area contributed by atoms with Crippen LogP contribution in [0.25, 0.3) is 21.9 Å². The minimum absolute atomic E-state index is 0.105. The molecule has 0 saturated heterocycles. The van der Waals surface area contributed by atoms with Crippen LogP contribution in [-0.2, 0) is 0 Å². The van der Waals surface area contributed by atoms with Gasteiger partial charge in [0, 0.05) is 22.4 Å². The fourth-order valence-corrected chi connectivity index (χ4v) is 0.900. The molecule has 14 heavy (non-hydrogen) atoms. The molecule has 0 aliphatic rings. The third-order valence-electron chi connectivity index (χ3n) is 1.45. The number of nitrogens with zero attached hydrogens (tertiary/aromatic N) is 6. The first-order valence-electron chi connectivity index (χ1n) is 3.69. The predicted octanol–water partition coefficient (Wildman–Crippen LogP) is 2.07. The largest absolute Gasteiger partial charge is 0.415 e. The summed E-state index contributed by atoms with van der Waals surface area (Å²) >= 11 is 0. The number of hydrogen-bond acceptors (Lipinski definition) is 5. The van der Waals surface area contributed by atoms with Crippen molar-refractivity contribution in [3.8, 4) is 11.5 Å². The Balaban J connectivity index is 2.39. The van der Waals surface area contributed by atoms with E-state index in [-0.39, 0.29) is 11.9 Å². The molecule has 2 rings (SSSR count). The van der Waals surface area contributed by atoms with Crippen LogP contribution in [0.2, 0.25) is 0 Å². The second-order valence-electron chi connectivity index (χ2n) is 2.32. The minimum atomic E-state index is -0.105. The molecule has 0 aromatic carbocycles. The lowest BCUT2D eigenvalue weighted by molar-refractivity contribution is 0.578. The highest BCUT2D eigenvalue weighted by Crippen LogP contribution is 2.19. The molecule has 7 heteroatoms. The maximum Gasteiger partial charge on any atom is 0.304 e. The summed E-state index contributed by atoms with van der Waals surface area (Å²) in [6.07, 6.45) is 3.21. The van der Waals surface area contributed by atoms with Crippen molar-refractivity contribution < 1.29 is 4.42 Å². The number of pyridine rings is 1. The number of hydrogen-bond donors (Lipinski definition) is 0. The van der Waals surface area contributed by atoms with Gasteiger partial charge in [0.05, 0.1) is 5.56 Å². The van der Waals surface area contributed by atoms with Gasteiger partial charge in [0.15, 0.2) is 0 Å². The Kier molecular flexibility index (Phi) is 2.08. The van der Waals surface area contributed by atoms with Crippen molar-refractivity contribution in [2.75, 3.05) is 0 Å². The number of aromatic nitrogens is 3. The molecule has 0 bridgehead atoms. The Labute approximate surface area is 78.0 Å². The van der Waals surface area contributed by atoms with Crippen LogP contribution in [0, 0.1) is 0 Å². The van der Waals surface area contributed by atoms with Gasteiger partial charge in [0.2, 0.25) is 5.89 Å². The van der Waals surface area contributed by atoms with Gasteiger partial charge in [-0.2, -0.15) is 0 Å². The summed E-state index contributed by atoms with van der Waals surface area (Å²) in [6, 6.07) is 3.40. The van der Waals surface area contributed by atoms with Crippen LogP contribution < -0.4 is 0 Å². The Morgan fingerprint density at radius 2 is 2.36 bits per heavy atom. The summed E-state index contributed by atoms with van der Waals surface area (Å²) in [5.74, 6) is 0.278. The molecule has 0 atom stereocenters. The summed E-state index contributed by atoms with van der Waals surface area (Å²) < 4.78 is 5.03. The summed E-state index contributed by atoms with van der Waals surface area (Å²) in [5, 5.41) is 10.4. The second-order valence-corrected chi connectivity index (χ2v) is 2.32. The van der Waals surface area contributed by atoms with Gasteiger partial charge in [-0.25, -0.2) is 0 Å². The molecule has 0 saturated carbocycles. The lowest BCUT2D eigenvalue weighted by Gasteiger charge is -1.89. The monoisotopic (exact) mass is 188 g/mol. The molecule has 68 valence electrons. The van der Waals surface area contributed by atoms with Gasteiger partial charge in [0.25, 0.3) is 0 Å². The normalized spacial score (nSPS) is 9.43. The van der Waals surface area contributed by atoms with E-state index < -0.39 is 0 Å². The molecule has 0 aliphatic heterocycles. The van der Waals surface area contributed by atoms with E-state index in [1.54, 1.807) is 24.5 Å². The molecular weight excluding hydrogens is 184 g/mol. The highest BCUT2D eigenvalue weighted by Gasteiger charge is 2.05. The molecule has 0 radical (unpaired) electrons. The van der Waals surface area contributed by atoms with Gasteiger partial charge in [-0.1, -0.05) is 0 Å². The van der Waals surface area contributed by atoms with Gasteiger partial charge < -0.3 is 4.42 Å². The van der Waals surface area contributed by atoms with Crippen LogP contribution in [0.4, 0.5) is 6.01 Å². The van der Waals surface area contributed by atoms with E-state index in [0.29, 0.717) is 5.56 Å². The molecule has 2 aromatic rings. The van der Waals surface area contributed by atoms with Gasteiger partial charge in [0.1, 0.15) is 0 Å². The van der Waals surface area contributed by atoms with Gasteiger partial charge in [-0.3, -0.25) is 4.98 Å². The molecule has 2 heterocycles.